The minimum Gasteiger partial charge on any atom is -0.373 e. The SMILES string of the molecule is CC(F)C(C)(C)OCCCC(F)(F)F. The van der Waals surface area contributed by atoms with Gasteiger partial charge in [0.1, 0.15) is 6.17 Å². The van der Waals surface area contributed by atoms with E-state index in [4.69, 9.17) is 4.74 Å². The minimum atomic E-state index is -4.16. The van der Waals surface area contributed by atoms with Crippen molar-refractivity contribution in [2.24, 2.45) is 0 Å². The third-order valence-electron chi connectivity index (χ3n) is 2.04. The average molecular weight is 216 g/mol. The lowest BCUT2D eigenvalue weighted by atomic mass is 10.0. The van der Waals surface area contributed by atoms with Crippen molar-refractivity contribution in [3.8, 4) is 0 Å². The highest BCUT2D eigenvalue weighted by molar-refractivity contribution is 4.75. The molecule has 0 aliphatic heterocycles. The van der Waals surface area contributed by atoms with Gasteiger partial charge in [-0.25, -0.2) is 4.39 Å². The van der Waals surface area contributed by atoms with Gasteiger partial charge in [0.05, 0.1) is 5.60 Å². The second-order valence-electron chi connectivity index (χ2n) is 3.79. The predicted octanol–water partition coefficient (Wildman–Crippen LogP) is 3.48. The molecule has 0 bridgehead atoms. The molecule has 0 N–H and O–H groups in total. The van der Waals surface area contributed by atoms with Crippen LogP contribution in [0.5, 0.6) is 0 Å². The van der Waals surface area contributed by atoms with Crippen LogP contribution in [-0.4, -0.2) is 24.6 Å². The van der Waals surface area contributed by atoms with Crippen molar-refractivity contribution in [3.63, 3.8) is 0 Å². The van der Waals surface area contributed by atoms with Crippen LogP contribution in [0.2, 0.25) is 0 Å². The van der Waals surface area contributed by atoms with Gasteiger partial charge in [-0.15, -0.1) is 0 Å². The van der Waals surface area contributed by atoms with Gasteiger partial charge in [0.25, 0.3) is 0 Å². The first-order valence-corrected chi connectivity index (χ1v) is 4.50. The van der Waals surface area contributed by atoms with Crippen molar-refractivity contribution in [1.82, 2.24) is 0 Å². The summed E-state index contributed by atoms with van der Waals surface area (Å²) < 4.78 is 52.9. The van der Waals surface area contributed by atoms with E-state index >= 15 is 0 Å². The fraction of sp³-hybridized carbons (Fsp3) is 1.00. The Morgan fingerprint density at radius 3 is 2.07 bits per heavy atom. The summed E-state index contributed by atoms with van der Waals surface area (Å²) in [6, 6.07) is 0. The molecular formula is C9H16F4O. The van der Waals surface area contributed by atoms with Gasteiger partial charge < -0.3 is 4.74 Å². The van der Waals surface area contributed by atoms with Crippen LogP contribution in [-0.2, 0) is 4.74 Å². The Hall–Kier alpha value is -0.320. The highest BCUT2D eigenvalue weighted by Gasteiger charge is 2.29. The molecule has 86 valence electrons. The Labute approximate surface area is 81.4 Å². The summed E-state index contributed by atoms with van der Waals surface area (Å²) in [5.74, 6) is 0. The molecule has 0 radical (unpaired) electrons. The van der Waals surface area contributed by atoms with Crippen molar-refractivity contribution in [2.45, 2.75) is 51.6 Å². The average Bonchev–Trinajstić information content (AvgIpc) is 1.96. The molecule has 0 spiro atoms. The molecule has 5 heteroatoms. The molecule has 0 aromatic carbocycles. The molecule has 0 aromatic rings. The van der Waals surface area contributed by atoms with E-state index in [0.29, 0.717) is 0 Å². The topological polar surface area (TPSA) is 9.23 Å². The Morgan fingerprint density at radius 1 is 1.21 bits per heavy atom. The first kappa shape index (κ1) is 13.7. The normalized spacial score (nSPS) is 15.6. The van der Waals surface area contributed by atoms with Gasteiger partial charge in [-0.2, -0.15) is 13.2 Å². The third-order valence-corrected chi connectivity index (χ3v) is 2.04. The van der Waals surface area contributed by atoms with E-state index in [1.54, 1.807) is 0 Å². The van der Waals surface area contributed by atoms with Crippen LogP contribution in [0.15, 0.2) is 0 Å². The summed E-state index contributed by atoms with van der Waals surface area (Å²) in [4.78, 5) is 0. The van der Waals surface area contributed by atoms with Crippen molar-refractivity contribution in [3.05, 3.63) is 0 Å². The molecule has 0 fully saturated rings. The van der Waals surface area contributed by atoms with Gasteiger partial charge in [0, 0.05) is 13.0 Å². The zero-order chi connectivity index (χ0) is 11.4. The Bertz CT molecular complexity index is 163. The Kier molecular flexibility index (Phi) is 4.84. The first-order chi connectivity index (χ1) is 6.15. The van der Waals surface area contributed by atoms with E-state index in [1.165, 1.54) is 20.8 Å². The molecule has 0 aliphatic carbocycles. The molecule has 0 saturated carbocycles. The van der Waals surface area contributed by atoms with Crippen LogP contribution in [0.1, 0.15) is 33.6 Å². The summed E-state index contributed by atoms with van der Waals surface area (Å²) in [6.45, 7) is 4.29. The second kappa shape index (κ2) is 4.96. The Balaban J connectivity index is 3.65. The zero-order valence-electron chi connectivity index (χ0n) is 8.62. The molecule has 1 unspecified atom stereocenters. The van der Waals surface area contributed by atoms with Crippen molar-refractivity contribution in [2.75, 3.05) is 6.61 Å². The molecule has 1 atom stereocenters. The van der Waals surface area contributed by atoms with Crippen LogP contribution in [0.4, 0.5) is 17.6 Å². The van der Waals surface area contributed by atoms with Crippen LogP contribution in [0.25, 0.3) is 0 Å². The molecule has 0 saturated heterocycles. The molecule has 0 amide bonds. The third kappa shape index (κ3) is 6.18. The van der Waals surface area contributed by atoms with Gasteiger partial charge in [-0.05, 0) is 27.2 Å². The van der Waals surface area contributed by atoms with Gasteiger partial charge in [0.2, 0.25) is 0 Å². The maximum Gasteiger partial charge on any atom is 0.389 e. The van der Waals surface area contributed by atoms with Crippen molar-refractivity contribution in [1.29, 1.82) is 0 Å². The number of alkyl halides is 4. The van der Waals surface area contributed by atoms with Crippen LogP contribution in [0.3, 0.4) is 0 Å². The summed E-state index contributed by atoms with van der Waals surface area (Å²) in [5, 5.41) is 0. The quantitative estimate of drug-likeness (QED) is 0.505. The summed E-state index contributed by atoms with van der Waals surface area (Å²) in [7, 11) is 0. The predicted molar refractivity (Wildman–Crippen MR) is 45.9 cm³/mol. The molecular weight excluding hydrogens is 200 g/mol. The summed E-state index contributed by atoms with van der Waals surface area (Å²) in [5.41, 5.74) is -1.01. The van der Waals surface area contributed by atoms with Crippen LogP contribution in [0, 0.1) is 0 Å². The van der Waals surface area contributed by atoms with E-state index in [-0.39, 0.29) is 13.0 Å². The standard InChI is InChI=1S/C9H16F4O/c1-7(10)8(2,3)14-6-4-5-9(11,12)13/h7H,4-6H2,1-3H3. The number of halogens is 4. The van der Waals surface area contributed by atoms with Gasteiger partial charge in [-0.3, -0.25) is 0 Å². The molecule has 0 rings (SSSR count). The second-order valence-corrected chi connectivity index (χ2v) is 3.79. The fourth-order valence-corrected chi connectivity index (χ4v) is 0.723. The summed E-state index contributed by atoms with van der Waals surface area (Å²) >= 11 is 0. The largest absolute Gasteiger partial charge is 0.389 e. The Morgan fingerprint density at radius 2 is 1.71 bits per heavy atom. The summed E-state index contributed by atoms with van der Waals surface area (Å²) in [6.07, 6.45) is -6.37. The van der Waals surface area contributed by atoms with Gasteiger partial charge in [-0.1, -0.05) is 0 Å². The van der Waals surface area contributed by atoms with Crippen LogP contribution >= 0.6 is 0 Å². The lowest BCUT2D eigenvalue weighted by Crippen LogP contribution is -2.34. The number of rotatable bonds is 5. The molecule has 1 nitrogen and oxygen atoms in total. The number of hydrogen-bond acceptors (Lipinski definition) is 1. The van der Waals surface area contributed by atoms with Gasteiger partial charge in [0.15, 0.2) is 0 Å². The van der Waals surface area contributed by atoms with Crippen molar-refractivity contribution < 1.29 is 22.3 Å². The van der Waals surface area contributed by atoms with Crippen molar-refractivity contribution >= 4 is 0 Å². The smallest absolute Gasteiger partial charge is 0.373 e. The monoisotopic (exact) mass is 216 g/mol. The number of hydrogen-bond donors (Lipinski definition) is 0. The number of ether oxygens (including phenoxy) is 1. The molecule has 0 heterocycles. The molecule has 14 heavy (non-hydrogen) atoms. The van der Waals surface area contributed by atoms with Gasteiger partial charge >= 0.3 is 6.18 Å². The van der Waals surface area contributed by atoms with E-state index in [9.17, 15) is 17.6 Å². The lowest BCUT2D eigenvalue weighted by Gasteiger charge is -2.26. The maximum absolute atomic E-state index is 12.8. The first-order valence-electron chi connectivity index (χ1n) is 4.50. The van der Waals surface area contributed by atoms with E-state index in [2.05, 4.69) is 0 Å². The molecule has 0 aliphatic rings. The fourth-order valence-electron chi connectivity index (χ4n) is 0.723. The highest BCUT2D eigenvalue weighted by atomic mass is 19.4. The van der Waals surface area contributed by atoms with E-state index < -0.39 is 24.4 Å². The van der Waals surface area contributed by atoms with Crippen LogP contribution < -0.4 is 0 Å². The minimum absolute atomic E-state index is 0.0687. The van der Waals surface area contributed by atoms with E-state index in [1.807, 2.05) is 0 Å². The lowest BCUT2D eigenvalue weighted by molar-refractivity contribution is -0.143. The molecule has 0 aromatic heterocycles. The van der Waals surface area contributed by atoms with E-state index in [0.717, 1.165) is 0 Å². The zero-order valence-corrected chi connectivity index (χ0v) is 8.62. The highest BCUT2D eigenvalue weighted by Crippen LogP contribution is 2.23. The maximum atomic E-state index is 12.8.